The summed E-state index contributed by atoms with van der Waals surface area (Å²) >= 11 is 0. The van der Waals surface area contributed by atoms with E-state index in [9.17, 15) is 14.4 Å². The van der Waals surface area contributed by atoms with Crippen LogP contribution in [-0.4, -0.2) is 50.6 Å². The molecule has 1 amide bonds. The summed E-state index contributed by atoms with van der Waals surface area (Å²) in [6.07, 6.45) is 1.43. The molecule has 8 nitrogen and oxygen atoms in total. The molecule has 2 aromatic rings. The summed E-state index contributed by atoms with van der Waals surface area (Å²) in [6, 6.07) is 1.61. The second kappa shape index (κ2) is 5.62. The standard InChI is InChI=1S/C15H19N5O3/c1-9-7-16-4-5-20(9)13(21)10-6-11-12(17-8-10)18(2)15(23)19(3)14(11)22/h6,8-9,16H,4-5,7H2,1-3H3. The van der Waals surface area contributed by atoms with E-state index >= 15 is 0 Å². The molecular weight excluding hydrogens is 298 g/mol. The van der Waals surface area contributed by atoms with Crippen LogP contribution in [0.1, 0.15) is 17.3 Å². The van der Waals surface area contributed by atoms with Crippen molar-refractivity contribution in [2.75, 3.05) is 19.6 Å². The highest BCUT2D eigenvalue weighted by molar-refractivity contribution is 5.97. The van der Waals surface area contributed by atoms with Crippen molar-refractivity contribution in [2.45, 2.75) is 13.0 Å². The maximum atomic E-state index is 12.7. The van der Waals surface area contributed by atoms with E-state index < -0.39 is 11.2 Å². The van der Waals surface area contributed by atoms with Gasteiger partial charge in [-0.05, 0) is 13.0 Å². The van der Waals surface area contributed by atoms with Crippen LogP contribution in [0.4, 0.5) is 0 Å². The van der Waals surface area contributed by atoms with Crippen LogP contribution in [0.5, 0.6) is 0 Å². The predicted octanol–water partition coefficient (Wildman–Crippen LogP) is -0.934. The van der Waals surface area contributed by atoms with Gasteiger partial charge in [0.25, 0.3) is 11.5 Å². The molecule has 0 aliphatic carbocycles. The molecule has 8 heteroatoms. The fourth-order valence-corrected chi connectivity index (χ4v) is 2.89. The summed E-state index contributed by atoms with van der Waals surface area (Å²) in [5.41, 5.74) is -0.242. The highest BCUT2D eigenvalue weighted by Gasteiger charge is 2.25. The largest absolute Gasteiger partial charge is 0.333 e. The summed E-state index contributed by atoms with van der Waals surface area (Å²) in [5.74, 6) is -0.149. The Morgan fingerprint density at radius 3 is 2.74 bits per heavy atom. The number of carbonyl (C=O) groups is 1. The van der Waals surface area contributed by atoms with E-state index in [-0.39, 0.29) is 23.0 Å². The Morgan fingerprint density at radius 1 is 1.30 bits per heavy atom. The van der Waals surface area contributed by atoms with Crippen molar-refractivity contribution in [1.29, 1.82) is 0 Å². The molecule has 1 fully saturated rings. The van der Waals surface area contributed by atoms with E-state index in [0.29, 0.717) is 12.1 Å². The van der Waals surface area contributed by atoms with Crippen molar-refractivity contribution in [3.8, 4) is 0 Å². The molecule has 122 valence electrons. The van der Waals surface area contributed by atoms with Gasteiger partial charge >= 0.3 is 5.69 Å². The minimum atomic E-state index is -0.446. The lowest BCUT2D eigenvalue weighted by molar-refractivity contribution is 0.0655. The van der Waals surface area contributed by atoms with Crippen LogP contribution in [0, 0.1) is 0 Å². The molecule has 1 unspecified atom stereocenters. The third kappa shape index (κ3) is 2.44. The quantitative estimate of drug-likeness (QED) is 0.734. The van der Waals surface area contributed by atoms with Crippen LogP contribution in [0.25, 0.3) is 11.0 Å². The average molecular weight is 317 g/mol. The Kier molecular flexibility index (Phi) is 3.77. The second-order valence-electron chi connectivity index (χ2n) is 5.85. The van der Waals surface area contributed by atoms with E-state index in [1.165, 1.54) is 23.9 Å². The first kappa shape index (κ1) is 15.4. The monoisotopic (exact) mass is 317 g/mol. The Hall–Kier alpha value is -2.48. The van der Waals surface area contributed by atoms with E-state index in [1.54, 1.807) is 11.9 Å². The van der Waals surface area contributed by atoms with Crippen molar-refractivity contribution in [2.24, 2.45) is 14.1 Å². The molecule has 0 saturated carbocycles. The Morgan fingerprint density at radius 2 is 2.04 bits per heavy atom. The number of nitrogens with one attached hydrogen (secondary N) is 1. The number of amides is 1. The van der Waals surface area contributed by atoms with Gasteiger partial charge in [-0.3, -0.25) is 18.7 Å². The van der Waals surface area contributed by atoms with Crippen molar-refractivity contribution in [1.82, 2.24) is 24.3 Å². The molecule has 0 radical (unpaired) electrons. The molecule has 2 aromatic heterocycles. The maximum absolute atomic E-state index is 12.7. The van der Waals surface area contributed by atoms with Gasteiger partial charge in [-0.15, -0.1) is 0 Å². The molecule has 1 aliphatic rings. The minimum Gasteiger partial charge on any atom is -0.333 e. The van der Waals surface area contributed by atoms with Crippen LogP contribution < -0.4 is 16.6 Å². The van der Waals surface area contributed by atoms with Crippen molar-refractivity contribution < 1.29 is 4.79 Å². The van der Waals surface area contributed by atoms with E-state index in [1.807, 2.05) is 6.92 Å². The topological polar surface area (TPSA) is 89.2 Å². The molecule has 1 saturated heterocycles. The van der Waals surface area contributed by atoms with Crippen LogP contribution in [0.3, 0.4) is 0 Å². The maximum Gasteiger partial charge on any atom is 0.332 e. The summed E-state index contributed by atoms with van der Waals surface area (Å²) in [6.45, 7) is 4.07. The first-order chi connectivity index (χ1) is 10.9. The van der Waals surface area contributed by atoms with Crippen molar-refractivity contribution in [3.05, 3.63) is 38.7 Å². The van der Waals surface area contributed by atoms with Crippen LogP contribution >= 0.6 is 0 Å². The first-order valence-electron chi connectivity index (χ1n) is 7.49. The second-order valence-corrected chi connectivity index (χ2v) is 5.85. The van der Waals surface area contributed by atoms with Gasteiger partial charge < -0.3 is 10.2 Å². The van der Waals surface area contributed by atoms with Gasteiger partial charge in [-0.2, -0.15) is 0 Å². The number of piperazine rings is 1. The lowest BCUT2D eigenvalue weighted by atomic mass is 10.1. The van der Waals surface area contributed by atoms with Gasteiger partial charge in [0, 0.05) is 46.0 Å². The van der Waals surface area contributed by atoms with E-state index in [0.717, 1.165) is 17.7 Å². The number of carbonyl (C=O) groups excluding carboxylic acids is 1. The lowest BCUT2D eigenvalue weighted by Crippen LogP contribution is -2.52. The summed E-state index contributed by atoms with van der Waals surface area (Å²) < 4.78 is 2.32. The Balaban J connectivity index is 2.12. The molecule has 0 aromatic carbocycles. The molecule has 1 N–H and O–H groups in total. The molecule has 0 spiro atoms. The van der Waals surface area contributed by atoms with E-state index in [4.69, 9.17) is 0 Å². The Labute approximate surface area is 132 Å². The number of rotatable bonds is 1. The van der Waals surface area contributed by atoms with Crippen molar-refractivity contribution >= 4 is 16.9 Å². The predicted molar refractivity (Wildman–Crippen MR) is 85.6 cm³/mol. The van der Waals surface area contributed by atoms with Gasteiger partial charge in [0.1, 0.15) is 5.65 Å². The fraction of sp³-hybridized carbons (Fsp3) is 0.467. The Bertz CT molecular complexity index is 898. The molecule has 3 rings (SSSR count). The lowest BCUT2D eigenvalue weighted by Gasteiger charge is -2.34. The van der Waals surface area contributed by atoms with Gasteiger partial charge in [-0.1, -0.05) is 0 Å². The molecular formula is C15H19N5O3. The highest BCUT2D eigenvalue weighted by atomic mass is 16.2. The van der Waals surface area contributed by atoms with E-state index in [2.05, 4.69) is 10.3 Å². The summed E-state index contributed by atoms with van der Waals surface area (Å²) in [5, 5.41) is 3.50. The zero-order chi connectivity index (χ0) is 16.7. The number of hydrogen-bond acceptors (Lipinski definition) is 5. The van der Waals surface area contributed by atoms with Gasteiger partial charge in [0.2, 0.25) is 0 Å². The molecule has 23 heavy (non-hydrogen) atoms. The average Bonchev–Trinajstić information content (AvgIpc) is 2.57. The third-order valence-corrected chi connectivity index (χ3v) is 4.30. The number of fused-ring (bicyclic) bond motifs is 1. The molecule has 1 aliphatic heterocycles. The number of pyridine rings is 1. The summed E-state index contributed by atoms with van der Waals surface area (Å²) in [7, 11) is 2.97. The zero-order valence-electron chi connectivity index (χ0n) is 13.4. The number of aromatic nitrogens is 3. The fourth-order valence-electron chi connectivity index (χ4n) is 2.89. The smallest absolute Gasteiger partial charge is 0.332 e. The van der Waals surface area contributed by atoms with Crippen LogP contribution in [0.2, 0.25) is 0 Å². The highest BCUT2D eigenvalue weighted by Crippen LogP contribution is 2.13. The normalized spacial score (nSPS) is 18.4. The summed E-state index contributed by atoms with van der Waals surface area (Å²) in [4.78, 5) is 42.8. The van der Waals surface area contributed by atoms with Crippen LogP contribution in [-0.2, 0) is 14.1 Å². The zero-order valence-corrected chi connectivity index (χ0v) is 13.4. The van der Waals surface area contributed by atoms with Crippen LogP contribution in [0.15, 0.2) is 21.9 Å². The number of nitrogens with zero attached hydrogens (tertiary/aromatic N) is 4. The third-order valence-electron chi connectivity index (χ3n) is 4.30. The van der Waals surface area contributed by atoms with Gasteiger partial charge in [0.05, 0.1) is 10.9 Å². The van der Waals surface area contributed by atoms with Gasteiger partial charge in [0.15, 0.2) is 0 Å². The first-order valence-corrected chi connectivity index (χ1v) is 7.49. The molecule has 1 atom stereocenters. The number of aryl methyl sites for hydroxylation is 1. The van der Waals surface area contributed by atoms with Crippen molar-refractivity contribution in [3.63, 3.8) is 0 Å². The molecule has 0 bridgehead atoms. The SMILES string of the molecule is CC1CNCCN1C(=O)c1cnc2c(c1)c(=O)n(C)c(=O)n2C. The number of hydrogen-bond donors (Lipinski definition) is 1. The molecule has 3 heterocycles. The van der Waals surface area contributed by atoms with Gasteiger partial charge in [-0.25, -0.2) is 9.78 Å². The minimum absolute atomic E-state index is 0.0786.